The second-order valence-corrected chi connectivity index (χ2v) is 7.36. The summed E-state index contributed by atoms with van der Waals surface area (Å²) in [5, 5.41) is 15.4. The summed E-state index contributed by atoms with van der Waals surface area (Å²) in [6.07, 6.45) is 3.58. The Bertz CT molecular complexity index is 1340. The number of nitrogens with one attached hydrogen (secondary N) is 1. The molecule has 37 heavy (non-hydrogen) atoms. The first-order valence-corrected chi connectivity index (χ1v) is 12.2. The van der Waals surface area contributed by atoms with Gasteiger partial charge in [0.15, 0.2) is 5.65 Å². The van der Waals surface area contributed by atoms with Crippen molar-refractivity contribution in [3.8, 4) is 22.6 Å². The highest BCUT2D eigenvalue weighted by Crippen LogP contribution is 2.36. The van der Waals surface area contributed by atoms with Crippen molar-refractivity contribution >= 4 is 23.3 Å². The van der Waals surface area contributed by atoms with Crippen molar-refractivity contribution in [3.63, 3.8) is 0 Å². The largest absolute Gasteiger partial charge is 0.496 e. The lowest BCUT2D eigenvalue weighted by atomic mass is 10.0. The fourth-order valence-electron chi connectivity index (χ4n) is 3.45. The Kier molecular flexibility index (Phi) is 10.6. The number of aryl methyl sites for hydroxylation is 2. The number of rotatable bonds is 7. The molecule has 11 nitrogen and oxygen atoms in total. The number of ether oxygens (including phenoxy) is 1. The van der Waals surface area contributed by atoms with Crippen LogP contribution in [0.2, 0.25) is 0 Å². The molecule has 0 aliphatic rings. The highest BCUT2D eigenvalue weighted by molar-refractivity contribution is 5.85. The van der Waals surface area contributed by atoms with Gasteiger partial charge in [-0.1, -0.05) is 32.9 Å². The van der Waals surface area contributed by atoms with Crippen molar-refractivity contribution in [2.24, 2.45) is 10.9 Å². The average Bonchev–Trinajstić information content (AvgIpc) is 3.56. The van der Waals surface area contributed by atoms with E-state index in [2.05, 4.69) is 20.7 Å². The molecule has 0 bridgehead atoms. The molecule has 0 amide bonds. The van der Waals surface area contributed by atoms with Crippen LogP contribution in [0.1, 0.15) is 46.0 Å². The molecular formula is C26H36N8O3. The Morgan fingerprint density at radius 1 is 1.16 bits per heavy atom. The summed E-state index contributed by atoms with van der Waals surface area (Å²) >= 11 is 0. The second-order valence-electron chi connectivity index (χ2n) is 7.36. The van der Waals surface area contributed by atoms with E-state index < -0.39 is 5.97 Å². The number of aromatic nitrogens is 5. The van der Waals surface area contributed by atoms with Crippen LogP contribution in [0.15, 0.2) is 47.9 Å². The zero-order valence-corrected chi connectivity index (χ0v) is 22.7. The Morgan fingerprint density at radius 3 is 2.51 bits per heavy atom. The minimum Gasteiger partial charge on any atom is -0.496 e. The first kappa shape index (κ1) is 28.8. The number of anilines is 1. The normalized spacial score (nSPS) is 10.6. The molecule has 3 N–H and O–H groups in total. The molecule has 0 saturated heterocycles. The van der Waals surface area contributed by atoms with Crippen molar-refractivity contribution in [2.45, 2.75) is 48.5 Å². The van der Waals surface area contributed by atoms with Gasteiger partial charge in [0.05, 0.1) is 24.1 Å². The van der Waals surface area contributed by atoms with Crippen LogP contribution in [0.4, 0.5) is 5.82 Å². The summed E-state index contributed by atoms with van der Waals surface area (Å²) in [5.41, 5.74) is 10.1. The van der Waals surface area contributed by atoms with Crippen molar-refractivity contribution in [1.29, 1.82) is 0 Å². The molecule has 0 spiro atoms. The number of nitrogens with two attached hydrogens (primary N) is 1. The fraction of sp³-hybridized carbons (Fsp3) is 0.346. The van der Waals surface area contributed by atoms with E-state index in [1.165, 1.54) is 6.92 Å². The number of carbonyl (C=O) groups excluding carboxylic acids is 1. The van der Waals surface area contributed by atoms with Crippen LogP contribution < -0.4 is 15.8 Å². The molecule has 3 heterocycles. The fourth-order valence-corrected chi connectivity index (χ4v) is 3.45. The van der Waals surface area contributed by atoms with Gasteiger partial charge >= 0.3 is 5.97 Å². The van der Waals surface area contributed by atoms with Crippen LogP contribution in [-0.4, -0.2) is 49.8 Å². The van der Waals surface area contributed by atoms with Gasteiger partial charge < -0.3 is 20.6 Å². The number of benzene rings is 1. The van der Waals surface area contributed by atoms with Crippen molar-refractivity contribution in [2.75, 3.05) is 19.0 Å². The predicted molar refractivity (Wildman–Crippen MR) is 146 cm³/mol. The SMILES string of the molecule is CC.CC.COc1cc(-n2cccn2)ccc1-c1c(C)nn2c(NCC(=O)O/N=C(\C)N)cc(C)nc12. The van der Waals surface area contributed by atoms with Crippen molar-refractivity contribution in [1.82, 2.24) is 24.4 Å². The van der Waals surface area contributed by atoms with Crippen molar-refractivity contribution in [3.05, 3.63) is 54.1 Å². The molecule has 1 aromatic carbocycles. The Hall–Kier alpha value is -4.41. The molecule has 4 rings (SSSR count). The van der Waals surface area contributed by atoms with Crippen LogP contribution in [0, 0.1) is 13.8 Å². The number of hydrogen-bond donors (Lipinski definition) is 2. The third kappa shape index (κ3) is 6.84. The number of nitrogens with zero attached hydrogens (tertiary/aromatic N) is 6. The first-order valence-electron chi connectivity index (χ1n) is 12.2. The van der Waals surface area contributed by atoms with E-state index in [0.29, 0.717) is 17.2 Å². The zero-order chi connectivity index (χ0) is 27.5. The topological polar surface area (TPSA) is 134 Å². The van der Waals surface area contributed by atoms with Crippen LogP contribution in [0.25, 0.3) is 22.5 Å². The molecule has 0 fully saturated rings. The van der Waals surface area contributed by atoms with E-state index in [9.17, 15) is 4.79 Å². The highest BCUT2D eigenvalue weighted by atomic mass is 16.7. The molecule has 0 aliphatic heterocycles. The average molecular weight is 509 g/mol. The number of carbonyl (C=O) groups is 1. The number of amidine groups is 1. The zero-order valence-electron chi connectivity index (χ0n) is 22.7. The first-order chi connectivity index (χ1) is 17.9. The third-order valence-electron chi connectivity index (χ3n) is 4.82. The van der Waals surface area contributed by atoms with E-state index in [1.54, 1.807) is 28.6 Å². The monoisotopic (exact) mass is 508 g/mol. The van der Waals surface area contributed by atoms with E-state index in [-0.39, 0.29) is 12.4 Å². The maximum absolute atomic E-state index is 11.9. The van der Waals surface area contributed by atoms with Crippen LogP contribution in [0.5, 0.6) is 5.75 Å². The minimum absolute atomic E-state index is 0.120. The minimum atomic E-state index is -0.581. The predicted octanol–water partition coefficient (Wildman–Crippen LogP) is 4.51. The Labute approximate surface area is 217 Å². The van der Waals surface area contributed by atoms with E-state index in [1.807, 2.05) is 72.0 Å². The maximum atomic E-state index is 11.9. The van der Waals surface area contributed by atoms with E-state index in [0.717, 1.165) is 28.2 Å². The van der Waals surface area contributed by atoms with Crippen LogP contribution in [-0.2, 0) is 9.63 Å². The summed E-state index contributed by atoms with van der Waals surface area (Å²) in [4.78, 5) is 21.4. The highest BCUT2D eigenvalue weighted by Gasteiger charge is 2.20. The van der Waals surface area contributed by atoms with E-state index in [4.69, 9.17) is 20.3 Å². The number of oxime groups is 1. The summed E-state index contributed by atoms with van der Waals surface area (Å²) in [5.74, 6) is 0.828. The van der Waals surface area contributed by atoms with Gasteiger partial charge in [0.1, 0.15) is 23.9 Å². The smallest absolute Gasteiger partial charge is 0.353 e. The van der Waals surface area contributed by atoms with Gasteiger partial charge in [-0.3, -0.25) is 0 Å². The second kappa shape index (κ2) is 13.6. The number of hydrogen-bond acceptors (Lipinski definition) is 8. The van der Waals surface area contributed by atoms with Gasteiger partial charge in [-0.15, -0.1) is 0 Å². The van der Waals surface area contributed by atoms with Gasteiger partial charge in [-0.2, -0.15) is 14.7 Å². The van der Waals surface area contributed by atoms with Crippen molar-refractivity contribution < 1.29 is 14.4 Å². The lowest BCUT2D eigenvalue weighted by Crippen LogP contribution is -2.18. The molecular weight excluding hydrogens is 472 g/mol. The van der Waals surface area contributed by atoms with Gasteiger partial charge in [0.2, 0.25) is 0 Å². The van der Waals surface area contributed by atoms with E-state index >= 15 is 0 Å². The molecule has 198 valence electrons. The molecule has 0 aliphatic carbocycles. The summed E-state index contributed by atoms with van der Waals surface area (Å²) in [6, 6.07) is 9.48. The van der Waals surface area contributed by atoms with Gasteiger partial charge in [-0.05, 0) is 39.0 Å². The van der Waals surface area contributed by atoms with Gasteiger partial charge in [-0.25, -0.2) is 14.5 Å². The molecule has 11 heteroatoms. The van der Waals surface area contributed by atoms with Gasteiger partial charge in [0, 0.05) is 35.8 Å². The molecule has 0 radical (unpaired) electrons. The molecule has 4 aromatic rings. The third-order valence-corrected chi connectivity index (χ3v) is 4.82. The molecule has 0 unspecified atom stereocenters. The quantitative estimate of drug-likeness (QED) is 0.161. The Morgan fingerprint density at radius 2 is 1.89 bits per heavy atom. The standard InChI is InChI=1S/C22H24N8O3.2C2H6/c1-13-10-19(24-12-20(31)33-28-15(3)23)30-22(26-13)21(14(2)27-30)17-7-6-16(11-18(17)32-4)29-9-5-8-25-29;2*1-2/h5-11,24H,12H2,1-4H3,(H2,23,28);2*1-2H3. The molecule has 0 saturated carbocycles. The Balaban J connectivity index is 0.00000115. The maximum Gasteiger partial charge on any atom is 0.353 e. The lowest BCUT2D eigenvalue weighted by Gasteiger charge is -2.12. The number of methoxy groups -OCH3 is 1. The molecule has 0 atom stereocenters. The lowest BCUT2D eigenvalue weighted by molar-refractivity contribution is -0.141. The summed E-state index contributed by atoms with van der Waals surface area (Å²) in [7, 11) is 1.62. The molecule has 3 aromatic heterocycles. The van der Waals surface area contributed by atoms with Gasteiger partial charge in [0.25, 0.3) is 0 Å². The number of fused-ring (bicyclic) bond motifs is 1. The van der Waals surface area contributed by atoms with Crippen LogP contribution >= 0.6 is 0 Å². The van der Waals surface area contributed by atoms with Crippen LogP contribution in [0.3, 0.4) is 0 Å². The summed E-state index contributed by atoms with van der Waals surface area (Å²) < 4.78 is 9.11. The summed E-state index contributed by atoms with van der Waals surface area (Å²) in [6.45, 7) is 13.2.